The van der Waals surface area contributed by atoms with Gasteiger partial charge in [0, 0.05) is 18.3 Å². The van der Waals surface area contributed by atoms with Crippen molar-refractivity contribution in [2.24, 2.45) is 0 Å². The van der Waals surface area contributed by atoms with Crippen LogP contribution in [-0.4, -0.2) is 19.6 Å². The second kappa shape index (κ2) is 5.25. The van der Waals surface area contributed by atoms with Crippen molar-refractivity contribution in [1.82, 2.24) is 5.32 Å². The molecule has 1 unspecified atom stereocenters. The highest BCUT2D eigenvalue weighted by molar-refractivity contribution is 5.49. The smallest absolute Gasteiger partial charge is 0.0992 e. The molecule has 0 heterocycles. The quantitative estimate of drug-likeness (QED) is 0.756. The van der Waals surface area contributed by atoms with Gasteiger partial charge in [-0.25, -0.2) is 0 Å². The summed E-state index contributed by atoms with van der Waals surface area (Å²) < 4.78 is 0. The molecule has 1 aromatic rings. The number of nitrogens with zero attached hydrogens (tertiary/aromatic N) is 1. The molecule has 0 amide bonds. The molecule has 0 radical (unpaired) electrons. The first kappa shape index (κ1) is 10.6. The first-order valence-corrected chi connectivity index (χ1v) is 4.67. The molecular weight excluding hydrogens is 174 g/mol. The third-order valence-corrected chi connectivity index (χ3v) is 2.10. The zero-order chi connectivity index (χ0) is 10.4. The molecule has 0 fully saturated rings. The van der Waals surface area contributed by atoms with Crippen molar-refractivity contribution in [1.29, 1.82) is 5.26 Å². The molecule has 0 spiro atoms. The van der Waals surface area contributed by atoms with Crippen LogP contribution in [0, 0.1) is 11.3 Å². The molecule has 0 saturated heterocycles. The Morgan fingerprint density at radius 1 is 1.50 bits per heavy atom. The summed E-state index contributed by atoms with van der Waals surface area (Å²) in [6.07, 6.45) is 0. The number of hydrogen-bond donors (Lipinski definition) is 2. The Morgan fingerprint density at radius 2 is 2.29 bits per heavy atom. The van der Waals surface area contributed by atoms with Gasteiger partial charge in [0.1, 0.15) is 0 Å². The topological polar surface area (TPSA) is 47.8 Å². The fraction of sp³-hybridized carbons (Fsp3) is 0.364. The van der Waals surface area contributed by atoms with E-state index in [0.29, 0.717) is 11.6 Å². The minimum atomic E-state index is 0.417. The number of nitriles is 1. The Kier molecular flexibility index (Phi) is 3.96. The van der Waals surface area contributed by atoms with Crippen molar-refractivity contribution >= 4 is 5.69 Å². The van der Waals surface area contributed by atoms with Gasteiger partial charge in [0.15, 0.2) is 0 Å². The fourth-order valence-corrected chi connectivity index (χ4v) is 1.07. The lowest BCUT2D eigenvalue weighted by Crippen LogP contribution is -2.29. The van der Waals surface area contributed by atoms with Crippen molar-refractivity contribution in [3.8, 4) is 6.07 Å². The summed E-state index contributed by atoms with van der Waals surface area (Å²) in [4.78, 5) is 0. The highest BCUT2D eigenvalue weighted by atomic mass is 15.0. The average Bonchev–Trinajstić information content (AvgIpc) is 2.26. The van der Waals surface area contributed by atoms with Crippen LogP contribution in [-0.2, 0) is 0 Å². The zero-order valence-corrected chi connectivity index (χ0v) is 8.54. The zero-order valence-electron chi connectivity index (χ0n) is 8.54. The van der Waals surface area contributed by atoms with Crippen LogP contribution in [0.3, 0.4) is 0 Å². The minimum absolute atomic E-state index is 0.417. The fourth-order valence-electron chi connectivity index (χ4n) is 1.07. The van der Waals surface area contributed by atoms with Crippen LogP contribution in [0.2, 0.25) is 0 Å². The van der Waals surface area contributed by atoms with Crippen molar-refractivity contribution in [3.05, 3.63) is 29.8 Å². The Bertz CT molecular complexity index is 328. The van der Waals surface area contributed by atoms with Gasteiger partial charge in [-0.15, -0.1) is 0 Å². The van der Waals surface area contributed by atoms with Crippen LogP contribution in [0.5, 0.6) is 0 Å². The SMILES string of the molecule is CNC(C)CNc1cccc(C#N)c1. The summed E-state index contributed by atoms with van der Waals surface area (Å²) in [5.41, 5.74) is 1.68. The summed E-state index contributed by atoms with van der Waals surface area (Å²) >= 11 is 0. The van der Waals surface area contributed by atoms with E-state index >= 15 is 0 Å². The number of nitrogens with one attached hydrogen (secondary N) is 2. The van der Waals surface area contributed by atoms with Gasteiger partial charge in [0.05, 0.1) is 11.6 Å². The van der Waals surface area contributed by atoms with Gasteiger partial charge in [0.25, 0.3) is 0 Å². The maximum Gasteiger partial charge on any atom is 0.0992 e. The van der Waals surface area contributed by atoms with E-state index < -0.39 is 0 Å². The summed E-state index contributed by atoms with van der Waals surface area (Å²) in [6, 6.07) is 10.0. The van der Waals surface area contributed by atoms with Crippen molar-refractivity contribution in [2.45, 2.75) is 13.0 Å². The number of likely N-dealkylation sites (N-methyl/N-ethyl adjacent to an activating group) is 1. The third kappa shape index (κ3) is 3.08. The lowest BCUT2D eigenvalue weighted by atomic mass is 10.2. The van der Waals surface area contributed by atoms with E-state index in [2.05, 4.69) is 23.6 Å². The van der Waals surface area contributed by atoms with Gasteiger partial charge in [0.2, 0.25) is 0 Å². The van der Waals surface area contributed by atoms with Gasteiger partial charge in [-0.3, -0.25) is 0 Å². The lowest BCUT2D eigenvalue weighted by molar-refractivity contribution is 0.638. The maximum absolute atomic E-state index is 8.70. The predicted molar refractivity (Wildman–Crippen MR) is 58.2 cm³/mol. The van der Waals surface area contributed by atoms with Crippen molar-refractivity contribution in [3.63, 3.8) is 0 Å². The third-order valence-electron chi connectivity index (χ3n) is 2.10. The van der Waals surface area contributed by atoms with E-state index in [9.17, 15) is 0 Å². The summed E-state index contributed by atoms with van der Waals surface area (Å²) in [7, 11) is 1.93. The van der Waals surface area contributed by atoms with Crippen LogP contribution in [0.15, 0.2) is 24.3 Å². The molecule has 0 aromatic heterocycles. The Balaban J connectivity index is 2.55. The van der Waals surface area contributed by atoms with Crippen LogP contribution < -0.4 is 10.6 Å². The maximum atomic E-state index is 8.70. The van der Waals surface area contributed by atoms with E-state index in [4.69, 9.17) is 5.26 Å². The van der Waals surface area contributed by atoms with Crippen molar-refractivity contribution < 1.29 is 0 Å². The molecule has 0 bridgehead atoms. The molecule has 1 aromatic carbocycles. The van der Waals surface area contributed by atoms with E-state index in [1.807, 2.05) is 25.2 Å². The predicted octanol–water partition coefficient (Wildman–Crippen LogP) is 1.58. The largest absolute Gasteiger partial charge is 0.383 e. The van der Waals surface area contributed by atoms with E-state index in [1.54, 1.807) is 6.07 Å². The highest BCUT2D eigenvalue weighted by Crippen LogP contribution is 2.09. The van der Waals surface area contributed by atoms with Gasteiger partial charge < -0.3 is 10.6 Å². The molecule has 0 aliphatic rings. The van der Waals surface area contributed by atoms with E-state index in [1.165, 1.54) is 0 Å². The summed E-state index contributed by atoms with van der Waals surface area (Å²) in [6.45, 7) is 2.95. The van der Waals surface area contributed by atoms with Gasteiger partial charge in [-0.1, -0.05) is 6.07 Å². The van der Waals surface area contributed by atoms with Crippen molar-refractivity contribution in [2.75, 3.05) is 18.9 Å². The lowest BCUT2D eigenvalue weighted by Gasteiger charge is -2.12. The molecule has 2 N–H and O–H groups in total. The van der Waals surface area contributed by atoms with Crippen LogP contribution in [0.4, 0.5) is 5.69 Å². The molecule has 0 aliphatic carbocycles. The Hall–Kier alpha value is -1.53. The van der Waals surface area contributed by atoms with Crippen LogP contribution in [0.25, 0.3) is 0 Å². The number of benzene rings is 1. The normalized spacial score (nSPS) is 11.8. The molecule has 1 atom stereocenters. The molecule has 74 valence electrons. The Morgan fingerprint density at radius 3 is 2.93 bits per heavy atom. The van der Waals surface area contributed by atoms with Gasteiger partial charge in [-0.2, -0.15) is 5.26 Å². The molecule has 0 saturated carbocycles. The molecule has 14 heavy (non-hydrogen) atoms. The second-order valence-corrected chi connectivity index (χ2v) is 3.26. The molecular formula is C11H15N3. The first-order valence-electron chi connectivity index (χ1n) is 4.67. The first-order chi connectivity index (χ1) is 6.76. The summed E-state index contributed by atoms with van der Waals surface area (Å²) in [5, 5.41) is 15.1. The standard InChI is InChI=1S/C11H15N3/c1-9(13-2)8-14-11-5-3-4-10(6-11)7-12/h3-6,9,13-14H,8H2,1-2H3. The van der Waals surface area contributed by atoms with E-state index in [-0.39, 0.29) is 0 Å². The summed E-state index contributed by atoms with van der Waals surface area (Å²) in [5.74, 6) is 0. The van der Waals surface area contributed by atoms with Gasteiger partial charge in [-0.05, 0) is 32.2 Å². The minimum Gasteiger partial charge on any atom is -0.383 e. The van der Waals surface area contributed by atoms with Gasteiger partial charge >= 0.3 is 0 Å². The highest BCUT2D eigenvalue weighted by Gasteiger charge is 1.98. The van der Waals surface area contributed by atoms with Crippen LogP contribution in [0.1, 0.15) is 12.5 Å². The molecule has 3 nitrogen and oxygen atoms in total. The molecule has 3 heteroatoms. The molecule has 1 rings (SSSR count). The Labute approximate surface area is 84.7 Å². The number of anilines is 1. The number of hydrogen-bond acceptors (Lipinski definition) is 3. The van der Waals surface area contributed by atoms with E-state index in [0.717, 1.165) is 12.2 Å². The average molecular weight is 189 g/mol. The number of rotatable bonds is 4. The second-order valence-electron chi connectivity index (χ2n) is 3.26. The molecule has 0 aliphatic heterocycles. The van der Waals surface area contributed by atoms with Crippen LogP contribution >= 0.6 is 0 Å². The monoisotopic (exact) mass is 189 g/mol.